The fourth-order valence-electron chi connectivity index (χ4n) is 3.17. The van der Waals surface area contributed by atoms with Gasteiger partial charge in [-0.1, -0.05) is 27.5 Å². The zero-order chi connectivity index (χ0) is 23.8. The van der Waals surface area contributed by atoms with Gasteiger partial charge in [0.2, 0.25) is 0 Å². The number of anilines is 2. The van der Waals surface area contributed by atoms with Gasteiger partial charge in [-0.25, -0.2) is 8.42 Å². The molecule has 1 aromatic heterocycles. The lowest BCUT2D eigenvalue weighted by Gasteiger charge is -2.20. The SMILES string of the molecule is COc1ccc(S(=O)(=O)N(C)c2ccc3sc(C(=O)Nc4ccc(Br)cc4)cc3c2)cc1Cl. The molecule has 10 heteroatoms. The van der Waals surface area contributed by atoms with Gasteiger partial charge in [0.1, 0.15) is 5.75 Å². The molecular formula is C23H18BrClN2O4S2. The van der Waals surface area contributed by atoms with Crippen molar-refractivity contribution in [3.8, 4) is 5.75 Å². The van der Waals surface area contributed by atoms with Crippen LogP contribution in [0.3, 0.4) is 0 Å². The number of nitrogens with zero attached hydrogens (tertiary/aromatic N) is 1. The number of sulfonamides is 1. The minimum Gasteiger partial charge on any atom is -0.495 e. The Balaban J connectivity index is 1.60. The summed E-state index contributed by atoms with van der Waals surface area (Å²) in [6.07, 6.45) is 0. The molecule has 0 spiro atoms. The van der Waals surface area contributed by atoms with E-state index in [4.69, 9.17) is 16.3 Å². The summed E-state index contributed by atoms with van der Waals surface area (Å²) in [5, 5.41) is 3.85. The summed E-state index contributed by atoms with van der Waals surface area (Å²) in [6, 6.07) is 18.6. The van der Waals surface area contributed by atoms with Crippen molar-refractivity contribution in [1.82, 2.24) is 0 Å². The van der Waals surface area contributed by atoms with Gasteiger partial charge in [-0.2, -0.15) is 0 Å². The third-order valence-electron chi connectivity index (χ3n) is 4.97. The summed E-state index contributed by atoms with van der Waals surface area (Å²) >= 11 is 10.8. The molecule has 0 saturated heterocycles. The first kappa shape index (κ1) is 23.6. The number of methoxy groups -OCH3 is 1. The number of hydrogen-bond acceptors (Lipinski definition) is 5. The van der Waals surface area contributed by atoms with Crippen LogP contribution in [0.25, 0.3) is 10.1 Å². The van der Waals surface area contributed by atoms with E-state index in [1.807, 2.05) is 12.1 Å². The van der Waals surface area contributed by atoms with Crippen molar-refractivity contribution in [2.75, 3.05) is 23.8 Å². The number of halogens is 2. The molecule has 3 aromatic carbocycles. The molecule has 1 heterocycles. The molecule has 0 atom stereocenters. The third-order valence-corrected chi connectivity index (χ3v) is 8.69. The largest absolute Gasteiger partial charge is 0.495 e. The van der Waals surface area contributed by atoms with Crippen molar-refractivity contribution >= 4 is 76.3 Å². The first-order valence-corrected chi connectivity index (χ1v) is 13.0. The summed E-state index contributed by atoms with van der Waals surface area (Å²) in [5.74, 6) is 0.167. The van der Waals surface area contributed by atoms with Crippen LogP contribution < -0.4 is 14.4 Å². The maximum absolute atomic E-state index is 13.1. The number of carbonyl (C=O) groups is 1. The molecule has 0 aliphatic rings. The minimum atomic E-state index is -3.85. The average molecular weight is 566 g/mol. The smallest absolute Gasteiger partial charge is 0.265 e. The van der Waals surface area contributed by atoms with Gasteiger partial charge in [0.05, 0.1) is 27.6 Å². The second kappa shape index (κ2) is 9.34. The van der Waals surface area contributed by atoms with Gasteiger partial charge >= 0.3 is 0 Å². The molecule has 170 valence electrons. The molecule has 4 rings (SSSR count). The molecule has 0 bridgehead atoms. The summed E-state index contributed by atoms with van der Waals surface area (Å²) in [4.78, 5) is 13.3. The molecule has 33 heavy (non-hydrogen) atoms. The monoisotopic (exact) mass is 564 g/mol. The van der Waals surface area contributed by atoms with E-state index in [2.05, 4.69) is 21.2 Å². The molecule has 0 aliphatic heterocycles. The zero-order valence-corrected chi connectivity index (χ0v) is 21.5. The Kier molecular flexibility index (Phi) is 6.67. The summed E-state index contributed by atoms with van der Waals surface area (Å²) in [5.41, 5.74) is 1.15. The summed E-state index contributed by atoms with van der Waals surface area (Å²) < 4.78 is 34.3. The maximum Gasteiger partial charge on any atom is 0.265 e. The van der Waals surface area contributed by atoms with E-state index in [0.29, 0.717) is 22.0 Å². The predicted octanol–water partition coefficient (Wildman–Crippen LogP) is 6.40. The number of thiophene rings is 1. The molecule has 0 radical (unpaired) electrons. The van der Waals surface area contributed by atoms with Gasteiger partial charge in [-0.05, 0) is 72.1 Å². The Labute approximate surface area is 208 Å². The number of carbonyl (C=O) groups excluding carboxylic acids is 1. The van der Waals surface area contributed by atoms with Gasteiger partial charge < -0.3 is 10.1 Å². The number of benzene rings is 3. The second-order valence-corrected chi connectivity index (χ2v) is 11.4. The van der Waals surface area contributed by atoms with Crippen molar-refractivity contribution in [3.63, 3.8) is 0 Å². The quantitative estimate of drug-likeness (QED) is 0.293. The highest BCUT2D eigenvalue weighted by atomic mass is 79.9. The van der Waals surface area contributed by atoms with Crippen molar-refractivity contribution in [2.24, 2.45) is 0 Å². The average Bonchev–Trinajstić information content (AvgIpc) is 3.23. The molecule has 0 saturated carbocycles. The normalized spacial score (nSPS) is 11.4. The van der Waals surface area contributed by atoms with Crippen molar-refractivity contribution in [3.05, 3.63) is 81.1 Å². The Morgan fingerprint density at radius 2 is 1.79 bits per heavy atom. The number of hydrogen-bond donors (Lipinski definition) is 1. The number of amides is 1. The predicted molar refractivity (Wildman–Crippen MR) is 138 cm³/mol. The standard InChI is InChI=1S/C23H18BrClN2O4S2/c1-27(33(29,30)18-8-9-20(31-2)19(25)13-18)17-7-10-21-14(11-17)12-22(32-21)23(28)26-16-5-3-15(24)4-6-16/h3-13H,1-2H3,(H,26,28). The van der Waals surface area contributed by atoms with Crippen LogP contribution in [0.1, 0.15) is 9.67 Å². The van der Waals surface area contributed by atoms with Crippen LogP contribution in [-0.4, -0.2) is 28.5 Å². The van der Waals surface area contributed by atoms with Gasteiger partial charge in [-0.3, -0.25) is 9.10 Å². The van der Waals surface area contributed by atoms with Crippen molar-refractivity contribution in [2.45, 2.75) is 4.90 Å². The van der Waals surface area contributed by atoms with Crippen molar-refractivity contribution < 1.29 is 17.9 Å². The fourth-order valence-corrected chi connectivity index (χ4v) is 5.91. The Hall–Kier alpha value is -2.59. The van der Waals surface area contributed by atoms with E-state index in [1.165, 1.54) is 48.0 Å². The van der Waals surface area contributed by atoms with E-state index in [-0.39, 0.29) is 15.8 Å². The van der Waals surface area contributed by atoms with E-state index >= 15 is 0 Å². The van der Waals surface area contributed by atoms with Crippen LogP contribution in [0, 0.1) is 0 Å². The van der Waals surface area contributed by atoms with Crippen LogP contribution in [0.2, 0.25) is 5.02 Å². The number of ether oxygens (including phenoxy) is 1. The highest BCUT2D eigenvalue weighted by Gasteiger charge is 2.23. The first-order chi connectivity index (χ1) is 15.7. The van der Waals surface area contributed by atoms with Crippen LogP contribution in [0.5, 0.6) is 5.75 Å². The van der Waals surface area contributed by atoms with Gasteiger partial charge in [-0.15, -0.1) is 11.3 Å². The molecule has 0 aliphatic carbocycles. The van der Waals surface area contributed by atoms with Gasteiger partial charge in [0, 0.05) is 21.9 Å². The van der Waals surface area contributed by atoms with E-state index in [9.17, 15) is 13.2 Å². The lowest BCUT2D eigenvalue weighted by molar-refractivity contribution is 0.103. The summed E-state index contributed by atoms with van der Waals surface area (Å²) in [6.45, 7) is 0. The third kappa shape index (κ3) is 4.86. The topological polar surface area (TPSA) is 75.7 Å². The lowest BCUT2D eigenvalue weighted by Crippen LogP contribution is -2.26. The maximum atomic E-state index is 13.1. The number of rotatable bonds is 6. The molecule has 1 amide bonds. The summed E-state index contributed by atoms with van der Waals surface area (Å²) in [7, 11) is -0.911. The molecule has 4 aromatic rings. The van der Waals surface area contributed by atoms with Crippen LogP contribution in [-0.2, 0) is 10.0 Å². The molecule has 0 fully saturated rings. The molecule has 6 nitrogen and oxygen atoms in total. The van der Waals surface area contributed by atoms with E-state index in [0.717, 1.165) is 14.6 Å². The molecule has 0 unspecified atom stereocenters. The number of nitrogens with one attached hydrogen (secondary N) is 1. The lowest BCUT2D eigenvalue weighted by atomic mass is 10.2. The van der Waals surface area contributed by atoms with Crippen molar-refractivity contribution in [1.29, 1.82) is 0 Å². The highest BCUT2D eigenvalue weighted by molar-refractivity contribution is 9.10. The Bertz CT molecular complexity index is 1450. The Morgan fingerprint density at radius 1 is 1.06 bits per heavy atom. The van der Waals surface area contributed by atoms with Crippen LogP contribution >= 0.6 is 38.9 Å². The molecule has 1 N–H and O–H groups in total. The van der Waals surface area contributed by atoms with Gasteiger partial charge in [0.15, 0.2) is 0 Å². The first-order valence-electron chi connectivity index (χ1n) is 9.62. The van der Waals surface area contributed by atoms with E-state index < -0.39 is 10.0 Å². The second-order valence-electron chi connectivity index (χ2n) is 7.06. The molecular weight excluding hydrogens is 548 g/mol. The van der Waals surface area contributed by atoms with Crippen LogP contribution in [0.15, 0.2) is 76.1 Å². The zero-order valence-electron chi connectivity index (χ0n) is 17.5. The van der Waals surface area contributed by atoms with Crippen LogP contribution in [0.4, 0.5) is 11.4 Å². The highest BCUT2D eigenvalue weighted by Crippen LogP contribution is 2.33. The minimum absolute atomic E-state index is 0.0516. The van der Waals surface area contributed by atoms with E-state index in [1.54, 1.807) is 36.4 Å². The fraction of sp³-hybridized carbons (Fsp3) is 0.0870. The number of fused-ring (bicyclic) bond motifs is 1. The van der Waals surface area contributed by atoms with Gasteiger partial charge in [0.25, 0.3) is 15.9 Å². The Morgan fingerprint density at radius 3 is 2.45 bits per heavy atom.